The first-order chi connectivity index (χ1) is 10.7. The summed E-state index contributed by atoms with van der Waals surface area (Å²) in [5.41, 5.74) is 1.50. The smallest absolute Gasteiger partial charge is 0.230 e. The maximum Gasteiger partial charge on any atom is 0.230 e. The molecule has 1 fully saturated rings. The molecule has 0 aliphatic heterocycles. The van der Waals surface area contributed by atoms with Crippen LogP contribution in [0.4, 0.5) is 5.69 Å². The second-order valence-electron chi connectivity index (χ2n) is 6.09. The van der Waals surface area contributed by atoms with Crippen LogP contribution in [-0.2, 0) is 16.1 Å². The molecule has 1 aromatic heterocycles. The molecule has 1 heterocycles. The third-order valence-corrected chi connectivity index (χ3v) is 4.71. The number of anilines is 1. The van der Waals surface area contributed by atoms with Crippen LogP contribution < -0.4 is 5.32 Å². The number of carbonyl (C=O) groups is 1. The summed E-state index contributed by atoms with van der Waals surface area (Å²) in [5.74, 6) is 0.116. The average molecular weight is 301 g/mol. The van der Waals surface area contributed by atoms with Gasteiger partial charge in [0, 0.05) is 37.5 Å². The molecule has 2 aromatic rings. The predicted molar refractivity (Wildman–Crippen MR) is 86.8 cm³/mol. The molecular weight excluding hydrogens is 278 g/mol. The molecule has 118 valence electrons. The molecule has 0 spiro atoms. The van der Waals surface area contributed by atoms with Crippen LogP contribution in [0.3, 0.4) is 0 Å². The normalized spacial score (nSPS) is 16.5. The first kappa shape index (κ1) is 15.0. The number of amides is 1. The molecule has 1 saturated carbocycles. The number of aromatic nitrogens is 2. The lowest BCUT2D eigenvalue weighted by Gasteiger charge is -2.40. The second kappa shape index (κ2) is 6.08. The van der Waals surface area contributed by atoms with Crippen molar-refractivity contribution in [1.29, 1.82) is 0 Å². The number of methoxy groups -OCH3 is 1. The zero-order valence-electron chi connectivity index (χ0n) is 13.3. The number of ether oxygens (including phenoxy) is 1. The quantitative estimate of drug-likeness (QED) is 0.891. The monoisotopic (exact) mass is 301 g/mol. The number of aryl methyl sites for hydroxylation is 1. The lowest BCUT2D eigenvalue weighted by molar-refractivity contribution is -0.131. The zero-order valence-corrected chi connectivity index (χ0v) is 13.3. The van der Waals surface area contributed by atoms with E-state index in [-0.39, 0.29) is 11.3 Å². The van der Waals surface area contributed by atoms with Crippen molar-refractivity contribution in [3.05, 3.63) is 24.4 Å². The van der Waals surface area contributed by atoms with Crippen LogP contribution in [0.1, 0.15) is 32.6 Å². The van der Waals surface area contributed by atoms with E-state index < -0.39 is 0 Å². The Morgan fingerprint density at radius 2 is 2.27 bits per heavy atom. The standard InChI is InChI=1S/C17H23N3O2/c1-3-20-12-13-5-6-14(11-15(13)19-20)18-16(21)17(7-4-8-17)9-10-22-2/h5-6,11-12H,3-4,7-10H2,1-2H3,(H,18,21). The molecule has 0 unspecified atom stereocenters. The van der Waals surface area contributed by atoms with E-state index in [9.17, 15) is 4.79 Å². The van der Waals surface area contributed by atoms with Gasteiger partial charge in [-0.2, -0.15) is 5.10 Å². The van der Waals surface area contributed by atoms with Crippen LogP contribution >= 0.6 is 0 Å². The minimum atomic E-state index is -0.242. The summed E-state index contributed by atoms with van der Waals surface area (Å²) in [6.07, 6.45) is 5.84. The van der Waals surface area contributed by atoms with Gasteiger partial charge in [0.2, 0.25) is 5.91 Å². The number of rotatable bonds is 6. The molecule has 1 amide bonds. The van der Waals surface area contributed by atoms with Gasteiger partial charge in [-0.3, -0.25) is 9.48 Å². The minimum absolute atomic E-state index is 0.116. The molecule has 1 aromatic carbocycles. The predicted octanol–water partition coefficient (Wildman–Crippen LogP) is 3.20. The van der Waals surface area contributed by atoms with Crippen molar-refractivity contribution in [2.24, 2.45) is 5.41 Å². The fourth-order valence-electron chi connectivity index (χ4n) is 3.06. The topological polar surface area (TPSA) is 56.2 Å². The van der Waals surface area contributed by atoms with Crippen LogP contribution in [0.15, 0.2) is 24.4 Å². The van der Waals surface area contributed by atoms with Crippen molar-refractivity contribution >= 4 is 22.5 Å². The summed E-state index contributed by atoms with van der Waals surface area (Å²) < 4.78 is 7.06. The Hall–Kier alpha value is -1.88. The van der Waals surface area contributed by atoms with E-state index >= 15 is 0 Å². The van der Waals surface area contributed by atoms with Gasteiger partial charge in [-0.15, -0.1) is 0 Å². The highest BCUT2D eigenvalue weighted by molar-refractivity contribution is 5.97. The Kier molecular flexibility index (Phi) is 4.16. The Morgan fingerprint density at radius 3 is 2.91 bits per heavy atom. The van der Waals surface area contributed by atoms with Gasteiger partial charge in [-0.05, 0) is 44.4 Å². The van der Waals surface area contributed by atoms with Crippen molar-refractivity contribution in [3.8, 4) is 0 Å². The Bertz CT molecular complexity index is 674. The lowest BCUT2D eigenvalue weighted by atomic mass is 9.66. The van der Waals surface area contributed by atoms with Crippen LogP contribution in [0.2, 0.25) is 0 Å². The van der Waals surface area contributed by atoms with Gasteiger partial charge >= 0.3 is 0 Å². The van der Waals surface area contributed by atoms with Gasteiger partial charge in [0.25, 0.3) is 0 Å². The summed E-state index contributed by atoms with van der Waals surface area (Å²) in [6, 6.07) is 5.90. The van der Waals surface area contributed by atoms with Gasteiger partial charge in [0.05, 0.1) is 10.9 Å². The third kappa shape index (κ3) is 2.73. The number of nitrogens with one attached hydrogen (secondary N) is 1. The van der Waals surface area contributed by atoms with Crippen molar-refractivity contribution in [2.75, 3.05) is 19.0 Å². The summed E-state index contributed by atoms with van der Waals surface area (Å²) in [5, 5.41) is 8.65. The third-order valence-electron chi connectivity index (χ3n) is 4.71. The maximum atomic E-state index is 12.6. The molecular formula is C17H23N3O2. The fraction of sp³-hybridized carbons (Fsp3) is 0.529. The van der Waals surface area contributed by atoms with Crippen molar-refractivity contribution < 1.29 is 9.53 Å². The molecule has 5 heteroatoms. The van der Waals surface area contributed by atoms with Crippen LogP contribution in [0, 0.1) is 5.41 Å². The SMILES string of the molecule is CCn1cc2ccc(NC(=O)C3(CCOC)CCC3)cc2n1. The van der Waals surface area contributed by atoms with Crippen molar-refractivity contribution in [3.63, 3.8) is 0 Å². The minimum Gasteiger partial charge on any atom is -0.385 e. The summed E-state index contributed by atoms with van der Waals surface area (Å²) in [6.45, 7) is 3.54. The number of nitrogens with zero attached hydrogens (tertiary/aromatic N) is 2. The van der Waals surface area contributed by atoms with Gasteiger partial charge in [0.1, 0.15) is 0 Å². The molecule has 5 nitrogen and oxygen atoms in total. The number of hydrogen-bond acceptors (Lipinski definition) is 3. The van der Waals surface area contributed by atoms with E-state index in [1.807, 2.05) is 29.1 Å². The molecule has 1 aliphatic rings. The molecule has 22 heavy (non-hydrogen) atoms. The highest BCUT2D eigenvalue weighted by atomic mass is 16.5. The fourth-order valence-corrected chi connectivity index (χ4v) is 3.06. The van der Waals surface area contributed by atoms with Crippen LogP contribution in [-0.4, -0.2) is 29.4 Å². The summed E-state index contributed by atoms with van der Waals surface area (Å²) in [7, 11) is 1.68. The highest BCUT2D eigenvalue weighted by Crippen LogP contribution is 2.44. The van der Waals surface area contributed by atoms with E-state index in [1.165, 1.54) is 0 Å². The number of fused-ring (bicyclic) bond motifs is 1. The Balaban J connectivity index is 1.75. The zero-order chi connectivity index (χ0) is 15.6. The molecule has 1 N–H and O–H groups in total. The van der Waals surface area contributed by atoms with Gasteiger partial charge in [-0.1, -0.05) is 6.42 Å². The van der Waals surface area contributed by atoms with E-state index in [4.69, 9.17) is 4.74 Å². The first-order valence-electron chi connectivity index (χ1n) is 7.94. The van der Waals surface area contributed by atoms with E-state index in [2.05, 4.69) is 17.3 Å². The highest BCUT2D eigenvalue weighted by Gasteiger charge is 2.43. The van der Waals surface area contributed by atoms with Crippen LogP contribution in [0.25, 0.3) is 10.9 Å². The van der Waals surface area contributed by atoms with Gasteiger partial charge in [0.15, 0.2) is 0 Å². The average Bonchev–Trinajstić information content (AvgIpc) is 2.88. The molecule has 3 rings (SSSR count). The molecule has 0 saturated heterocycles. The van der Waals surface area contributed by atoms with Gasteiger partial charge in [-0.25, -0.2) is 0 Å². The second-order valence-corrected chi connectivity index (χ2v) is 6.09. The number of hydrogen-bond donors (Lipinski definition) is 1. The van der Waals surface area contributed by atoms with Gasteiger partial charge < -0.3 is 10.1 Å². The van der Waals surface area contributed by atoms with E-state index in [0.29, 0.717) is 6.61 Å². The van der Waals surface area contributed by atoms with E-state index in [1.54, 1.807) is 7.11 Å². The molecule has 1 aliphatic carbocycles. The summed E-state index contributed by atoms with van der Waals surface area (Å²) >= 11 is 0. The Labute approximate surface area is 130 Å². The number of carbonyl (C=O) groups excluding carboxylic acids is 1. The van der Waals surface area contributed by atoms with Crippen molar-refractivity contribution in [1.82, 2.24) is 9.78 Å². The van der Waals surface area contributed by atoms with Crippen LogP contribution in [0.5, 0.6) is 0 Å². The molecule has 0 radical (unpaired) electrons. The number of benzene rings is 1. The molecule has 0 bridgehead atoms. The lowest BCUT2D eigenvalue weighted by Crippen LogP contribution is -2.42. The van der Waals surface area contributed by atoms with Crippen molar-refractivity contribution in [2.45, 2.75) is 39.2 Å². The summed E-state index contributed by atoms with van der Waals surface area (Å²) in [4.78, 5) is 12.6. The maximum absolute atomic E-state index is 12.6. The Morgan fingerprint density at radius 1 is 1.45 bits per heavy atom. The molecule has 0 atom stereocenters. The first-order valence-corrected chi connectivity index (χ1v) is 7.94. The largest absolute Gasteiger partial charge is 0.385 e. The van der Waals surface area contributed by atoms with E-state index in [0.717, 1.165) is 48.8 Å².